The average Bonchev–Trinajstić information content (AvgIpc) is 2.46. The van der Waals surface area contributed by atoms with Crippen LogP contribution in [0.5, 0.6) is 0 Å². The minimum Gasteiger partial charge on any atom is -0.342 e. The number of para-hydroxylation sites is 1. The number of nitrogens with one attached hydrogen (secondary N) is 1. The van der Waals surface area contributed by atoms with Gasteiger partial charge in [0.15, 0.2) is 0 Å². The van der Waals surface area contributed by atoms with Crippen LogP contribution < -0.4 is 10.2 Å². The van der Waals surface area contributed by atoms with Gasteiger partial charge in [0.05, 0.1) is 5.69 Å². The van der Waals surface area contributed by atoms with Gasteiger partial charge < -0.3 is 10.2 Å². The molecule has 0 bridgehead atoms. The van der Waals surface area contributed by atoms with E-state index in [9.17, 15) is 4.39 Å². The molecule has 0 fully saturated rings. The van der Waals surface area contributed by atoms with Crippen LogP contribution in [-0.4, -0.2) is 14.1 Å². The van der Waals surface area contributed by atoms with Crippen LogP contribution in [0.15, 0.2) is 42.5 Å². The Labute approximate surface area is 120 Å². The molecule has 0 saturated carbocycles. The first-order valence-corrected chi connectivity index (χ1v) is 6.80. The van der Waals surface area contributed by atoms with E-state index in [2.05, 4.69) is 5.32 Å². The van der Waals surface area contributed by atoms with E-state index in [0.29, 0.717) is 5.69 Å². The van der Waals surface area contributed by atoms with Crippen LogP contribution in [0.25, 0.3) is 0 Å². The molecular formula is C17H21FN2. The molecule has 0 heterocycles. The fourth-order valence-corrected chi connectivity index (χ4v) is 2.30. The molecule has 0 aliphatic carbocycles. The minimum atomic E-state index is -0.199. The van der Waals surface area contributed by atoms with E-state index in [0.717, 1.165) is 16.8 Å². The predicted molar refractivity (Wildman–Crippen MR) is 83.1 cm³/mol. The van der Waals surface area contributed by atoms with E-state index in [-0.39, 0.29) is 11.9 Å². The summed E-state index contributed by atoms with van der Waals surface area (Å²) in [4.78, 5) is 1.89. The van der Waals surface area contributed by atoms with E-state index in [1.807, 2.05) is 69.2 Å². The van der Waals surface area contributed by atoms with E-state index in [1.54, 1.807) is 6.07 Å². The van der Waals surface area contributed by atoms with Gasteiger partial charge in [-0.3, -0.25) is 0 Å². The number of aryl methyl sites for hydroxylation is 1. The highest BCUT2D eigenvalue weighted by Gasteiger charge is 2.13. The maximum Gasteiger partial charge on any atom is 0.147 e. The lowest BCUT2D eigenvalue weighted by Gasteiger charge is -2.23. The maximum absolute atomic E-state index is 14.3. The number of hydrogen-bond acceptors (Lipinski definition) is 2. The molecule has 1 atom stereocenters. The Kier molecular flexibility index (Phi) is 4.40. The van der Waals surface area contributed by atoms with E-state index >= 15 is 0 Å². The Morgan fingerprint density at radius 2 is 1.80 bits per heavy atom. The first kappa shape index (κ1) is 14.5. The average molecular weight is 272 g/mol. The summed E-state index contributed by atoms with van der Waals surface area (Å²) in [5.41, 5.74) is 3.68. The molecule has 1 unspecified atom stereocenters. The largest absolute Gasteiger partial charge is 0.342 e. The van der Waals surface area contributed by atoms with Crippen molar-refractivity contribution in [3.63, 3.8) is 0 Å². The summed E-state index contributed by atoms with van der Waals surface area (Å²) in [7, 11) is 3.76. The molecular weight excluding hydrogens is 251 g/mol. The van der Waals surface area contributed by atoms with Gasteiger partial charge in [-0.1, -0.05) is 24.3 Å². The lowest BCUT2D eigenvalue weighted by atomic mass is 10.1. The second-order valence-corrected chi connectivity index (χ2v) is 5.07. The fraction of sp³-hybridized carbons (Fsp3) is 0.294. The third-order valence-corrected chi connectivity index (χ3v) is 3.74. The van der Waals surface area contributed by atoms with Gasteiger partial charge in [-0.25, -0.2) is 4.39 Å². The second kappa shape index (κ2) is 6.06. The van der Waals surface area contributed by atoms with Crippen molar-refractivity contribution in [3.05, 3.63) is 59.4 Å². The van der Waals surface area contributed by atoms with Crippen molar-refractivity contribution in [2.75, 3.05) is 19.0 Å². The van der Waals surface area contributed by atoms with Crippen LogP contribution in [0.3, 0.4) is 0 Å². The molecule has 20 heavy (non-hydrogen) atoms. The van der Waals surface area contributed by atoms with Gasteiger partial charge in [-0.2, -0.15) is 0 Å². The van der Waals surface area contributed by atoms with Gasteiger partial charge >= 0.3 is 0 Å². The van der Waals surface area contributed by atoms with Crippen molar-refractivity contribution >= 4 is 11.4 Å². The Bertz CT molecular complexity index is 595. The maximum atomic E-state index is 14.3. The topological polar surface area (TPSA) is 15.3 Å². The zero-order chi connectivity index (χ0) is 14.7. The number of anilines is 2. The lowest BCUT2D eigenvalue weighted by molar-refractivity contribution is 0.608. The summed E-state index contributed by atoms with van der Waals surface area (Å²) < 4.78 is 14.3. The van der Waals surface area contributed by atoms with Crippen molar-refractivity contribution in [3.8, 4) is 0 Å². The summed E-state index contributed by atoms with van der Waals surface area (Å²) >= 11 is 0. The van der Waals surface area contributed by atoms with Gasteiger partial charge in [0.2, 0.25) is 0 Å². The normalized spacial score (nSPS) is 12.2. The standard InChI is InChI=1S/C17H21FN2/c1-12-7-5-6-8-16(12)20(4)17-10-9-14(11-15(17)18)13(2)19-3/h5-11,13,19H,1-4H3. The molecule has 0 radical (unpaired) electrons. The van der Waals surface area contributed by atoms with Crippen LogP contribution in [0.4, 0.5) is 15.8 Å². The Balaban J connectivity index is 2.36. The van der Waals surface area contributed by atoms with Gasteiger partial charge in [0, 0.05) is 18.8 Å². The highest BCUT2D eigenvalue weighted by molar-refractivity contribution is 5.66. The number of halogens is 1. The Morgan fingerprint density at radius 1 is 1.10 bits per heavy atom. The molecule has 2 nitrogen and oxygen atoms in total. The van der Waals surface area contributed by atoms with Crippen LogP contribution >= 0.6 is 0 Å². The molecule has 2 aromatic carbocycles. The van der Waals surface area contributed by atoms with Gasteiger partial charge in [-0.15, -0.1) is 0 Å². The van der Waals surface area contributed by atoms with Gasteiger partial charge in [-0.05, 0) is 50.2 Å². The lowest BCUT2D eigenvalue weighted by Crippen LogP contribution is -2.15. The summed E-state index contributed by atoms with van der Waals surface area (Å²) in [5.74, 6) is -0.199. The van der Waals surface area contributed by atoms with Gasteiger partial charge in [0.1, 0.15) is 5.82 Å². The van der Waals surface area contributed by atoms with Crippen LogP contribution in [0, 0.1) is 12.7 Å². The van der Waals surface area contributed by atoms with Crippen molar-refractivity contribution < 1.29 is 4.39 Å². The molecule has 0 aliphatic heterocycles. The number of benzene rings is 2. The van der Waals surface area contributed by atoms with E-state index < -0.39 is 0 Å². The van der Waals surface area contributed by atoms with E-state index in [4.69, 9.17) is 0 Å². The fourth-order valence-electron chi connectivity index (χ4n) is 2.30. The third kappa shape index (κ3) is 2.83. The van der Waals surface area contributed by atoms with Crippen LogP contribution in [-0.2, 0) is 0 Å². The van der Waals surface area contributed by atoms with Crippen LogP contribution in [0.1, 0.15) is 24.1 Å². The third-order valence-electron chi connectivity index (χ3n) is 3.74. The van der Waals surface area contributed by atoms with Crippen LogP contribution in [0.2, 0.25) is 0 Å². The van der Waals surface area contributed by atoms with Crippen molar-refractivity contribution in [1.29, 1.82) is 0 Å². The Morgan fingerprint density at radius 3 is 2.40 bits per heavy atom. The monoisotopic (exact) mass is 272 g/mol. The van der Waals surface area contributed by atoms with Crippen molar-refractivity contribution in [2.45, 2.75) is 19.9 Å². The second-order valence-electron chi connectivity index (χ2n) is 5.07. The molecule has 0 aromatic heterocycles. The number of rotatable bonds is 4. The zero-order valence-corrected chi connectivity index (χ0v) is 12.4. The zero-order valence-electron chi connectivity index (χ0n) is 12.4. The van der Waals surface area contributed by atoms with Crippen molar-refractivity contribution in [1.82, 2.24) is 5.32 Å². The molecule has 0 aliphatic rings. The first-order valence-electron chi connectivity index (χ1n) is 6.80. The number of hydrogen-bond donors (Lipinski definition) is 1. The molecule has 0 saturated heterocycles. The quantitative estimate of drug-likeness (QED) is 0.898. The highest BCUT2D eigenvalue weighted by atomic mass is 19.1. The highest BCUT2D eigenvalue weighted by Crippen LogP contribution is 2.30. The Hall–Kier alpha value is -1.87. The predicted octanol–water partition coefficient (Wildman–Crippen LogP) is 4.18. The van der Waals surface area contributed by atoms with E-state index in [1.165, 1.54) is 0 Å². The first-order chi connectivity index (χ1) is 9.54. The SMILES string of the molecule is CNC(C)c1ccc(N(C)c2ccccc2C)c(F)c1. The molecule has 2 aromatic rings. The van der Waals surface area contributed by atoms with Gasteiger partial charge in [0.25, 0.3) is 0 Å². The summed E-state index contributed by atoms with van der Waals surface area (Å²) in [6.07, 6.45) is 0. The molecule has 1 N–H and O–H groups in total. The smallest absolute Gasteiger partial charge is 0.147 e. The minimum absolute atomic E-state index is 0.141. The summed E-state index contributed by atoms with van der Waals surface area (Å²) in [6, 6.07) is 13.5. The summed E-state index contributed by atoms with van der Waals surface area (Å²) in [5, 5.41) is 3.12. The molecule has 2 rings (SSSR count). The van der Waals surface area contributed by atoms with Crippen molar-refractivity contribution in [2.24, 2.45) is 0 Å². The molecule has 3 heteroatoms. The molecule has 0 spiro atoms. The summed E-state index contributed by atoms with van der Waals surface area (Å²) in [6.45, 7) is 4.04. The molecule has 106 valence electrons. The molecule has 0 amide bonds. The number of nitrogens with zero attached hydrogens (tertiary/aromatic N) is 1.